The van der Waals surface area contributed by atoms with Crippen LogP contribution in [0.1, 0.15) is 0 Å². The summed E-state index contributed by atoms with van der Waals surface area (Å²) in [5.74, 6) is -3.28. The minimum absolute atomic E-state index is 0.0871. The van der Waals surface area contributed by atoms with Gasteiger partial charge in [-0.3, -0.25) is 4.98 Å². The highest BCUT2D eigenvalue weighted by Crippen LogP contribution is 2.21. The number of nitrogens with zero attached hydrogens (tertiary/aromatic N) is 1. The van der Waals surface area contributed by atoms with Crippen LogP contribution in [0.15, 0.2) is 41.4 Å². The van der Waals surface area contributed by atoms with Crippen LogP contribution in [0.25, 0.3) is 10.9 Å². The number of halogens is 2. The predicted octanol–water partition coefficient (Wildman–Crippen LogP) is 1.11. The van der Waals surface area contributed by atoms with E-state index in [1.807, 2.05) is 4.72 Å². The van der Waals surface area contributed by atoms with Gasteiger partial charge in [0.05, 0.1) is 23.5 Å². The maximum absolute atomic E-state index is 13.0. The van der Waals surface area contributed by atoms with Gasteiger partial charge in [0.15, 0.2) is 0 Å². The number of hydrogen-bond donors (Lipinski definition) is 2. The van der Waals surface area contributed by atoms with Crippen LogP contribution in [0.4, 0.5) is 8.78 Å². The van der Waals surface area contributed by atoms with E-state index < -0.39 is 29.0 Å². The Bertz CT molecular complexity index is 714. The molecular formula is C12H13F2N3O2S. The predicted molar refractivity (Wildman–Crippen MR) is 70.9 cm³/mol. The summed E-state index contributed by atoms with van der Waals surface area (Å²) in [6, 6.07) is 7.63. The summed E-state index contributed by atoms with van der Waals surface area (Å²) in [7, 11) is -4.06. The van der Waals surface area contributed by atoms with Crippen molar-refractivity contribution in [1.29, 1.82) is 0 Å². The fourth-order valence-corrected chi connectivity index (χ4v) is 2.94. The van der Waals surface area contributed by atoms with Gasteiger partial charge in [-0.2, -0.15) is 0 Å². The van der Waals surface area contributed by atoms with Gasteiger partial charge in [-0.25, -0.2) is 21.9 Å². The van der Waals surface area contributed by atoms with E-state index in [0.717, 1.165) is 0 Å². The Morgan fingerprint density at radius 1 is 1.25 bits per heavy atom. The van der Waals surface area contributed by atoms with Gasteiger partial charge in [-0.15, -0.1) is 0 Å². The van der Waals surface area contributed by atoms with Gasteiger partial charge in [-0.05, 0) is 24.3 Å². The molecule has 3 N–H and O–H groups in total. The molecule has 5 nitrogen and oxygen atoms in total. The number of alkyl halides is 2. The highest BCUT2D eigenvalue weighted by molar-refractivity contribution is 7.89. The first-order valence-electron chi connectivity index (χ1n) is 5.77. The number of rotatable bonds is 5. The number of pyridine rings is 1. The summed E-state index contributed by atoms with van der Waals surface area (Å²) in [4.78, 5) is 3.93. The molecule has 0 saturated carbocycles. The van der Waals surface area contributed by atoms with E-state index in [1.165, 1.54) is 18.3 Å². The molecule has 0 bridgehead atoms. The molecule has 1 heterocycles. The van der Waals surface area contributed by atoms with Crippen LogP contribution in [0.3, 0.4) is 0 Å². The number of fused-ring (bicyclic) bond motifs is 1. The number of aromatic nitrogens is 1. The van der Waals surface area contributed by atoms with Gasteiger partial charge in [0.1, 0.15) is 0 Å². The molecular weight excluding hydrogens is 288 g/mol. The molecule has 0 saturated heterocycles. The van der Waals surface area contributed by atoms with Crippen molar-refractivity contribution >= 4 is 20.9 Å². The number of sulfonamides is 1. The third kappa shape index (κ3) is 3.09. The van der Waals surface area contributed by atoms with Crippen molar-refractivity contribution in [2.45, 2.75) is 10.8 Å². The van der Waals surface area contributed by atoms with Crippen molar-refractivity contribution in [3.63, 3.8) is 0 Å². The summed E-state index contributed by atoms with van der Waals surface area (Å²) in [5, 5.41) is 0.374. The van der Waals surface area contributed by atoms with Crippen molar-refractivity contribution in [3.05, 3.63) is 36.5 Å². The smallest absolute Gasteiger partial charge is 0.273 e. The van der Waals surface area contributed by atoms with E-state index in [9.17, 15) is 17.2 Å². The van der Waals surface area contributed by atoms with Gasteiger partial charge in [0.25, 0.3) is 5.92 Å². The molecule has 1 aromatic carbocycles. The number of benzene rings is 1. The van der Waals surface area contributed by atoms with Crippen molar-refractivity contribution < 1.29 is 17.2 Å². The normalized spacial score (nSPS) is 12.8. The van der Waals surface area contributed by atoms with Gasteiger partial charge >= 0.3 is 0 Å². The van der Waals surface area contributed by atoms with E-state index >= 15 is 0 Å². The van der Waals surface area contributed by atoms with Crippen LogP contribution < -0.4 is 10.5 Å². The fraction of sp³-hybridized carbons (Fsp3) is 0.250. The first-order chi connectivity index (χ1) is 9.36. The third-order valence-electron chi connectivity index (χ3n) is 2.71. The topological polar surface area (TPSA) is 85.1 Å². The Kier molecular flexibility index (Phi) is 3.98. The highest BCUT2D eigenvalue weighted by Gasteiger charge is 2.29. The minimum atomic E-state index is -4.06. The molecule has 0 aliphatic heterocycles. The third-order valence-corrected chi connectivity index (χ3v) is 4.17. The molecule has 0 aliphatic rings. The fourth-order valence-electron chi connectivity index (χ4n) is 1.66. The van der Waals surface area contributed by atoms with Crippen molar-refractivity contribution in [1.82, 2.24) is 9.71 Å². The van der Waals surface area contributed by atoms with Crippen LogP contribution in [0.2, 0.25) is 0 Å². The van der Waals surface area contributed by atoms with Gasteiger partial charge in [0, 0.05) is 11.6 Å². The second kappa shape index (κ2) is 5.39. The summed E-state index contributed by atoms with van der Waals surface area (Å²) >= 11 is 0. The molecule has 0 amide bonds. The van der Waals surface area contributed by atoms with Gasteiger partial charge < -0.3 is 5.73 Å². The van der Waals surface area contributed by atoms with Crippen molar-refractivity contribution in [3.8, 4) is 0 Å². The van der Waals surface area contributed by atoms with E-state index in [4.69, 9.17) is 5.73 Å². The second-order valence-electron chi connectivity index (χ2n) is 4.21. The summed E-state index contributed by atoms with van der Waals surface area (Å²) in [5.41, 5.74) is 5.34. The molecule has 2 aromatic rings. The molecule has 1 aromatic heterocycles. The molecule has 20 heavy (non-hydrogen) atoms. The molecule has 0 unspecified atom stereocenters. The number of hydrogen-bond acceptors (Lipinski definition) is 4. The van der Waals surface area contributed by atoms with Crippen LogP contribution in [-0.2, 0) is 10.0 Å². The van der Waals surface area contributed by atoms with Crippen molar-refractivity contribution in [2.24, 2.45) is 5.73 Å². The molecule has 0 fully saturated rings. The lowest BCUT2D eigenvalue weighted by molar-refractivity contribution is 0.0170. The largest absolute Gasteiger partial charge is 0.325 e. The summed E-state index contributed by atoms with van der Waals surface area (Å²) in [6.45, 7) is -1.96. The first kappa shape index (κ1) is 14.8. The average Bonchev–Trinajstić information content (AvgIpc) is 2.45. The average molecular weight is 301 g/mol. The maximum atomic E-state index is 13.0. The SMILES string of the molecule is NCC(F)(F)CNS(=O)(=O)c1cccc2ncccc12. The summed E-state index contributed by atoms with van der Waals surface area (Å²) in [6.07, 6.45) is 1.52. The lowest BCUT2D eigenvalue weighted by Crippen LogP contribution is -2.41. The number of nitrogens with two attached hydrogens (primary N) is 1. The Hall–Kier alpha value is -1.64. The minimum Gasteiger partial charge on any atom is -0.325 e. The second-order valence-corrected chi connectivity index (χ2v) is 5.95. The quantitative estimate of drug-likeness (QED) is 0.866. The van der Waals surface area contributed by atoms with Crippen LogP contribution in [0, 0.1) is 0 Å². The first-order valence-corrected chi connectivity index (χ1v) is 7.25. The molecule has 0 radical (unpaired) electrons. The van der Waals surface area contributed by atoms with E-state index in [1.54, 1.807) is 18.2 Å². The molecule has 2 rings (SSSR count). The molecule has 8 heteroatoms. The summed E-state index contributed by atoms with van der Waals surface area (Å²) < 4.78 is 52.2. The molecule has 0 atom stereocenters. The van der Waals surface area contributed by atoms with Gasteiger partial charge in [-0.1, -0.05) is 6.07 Å². The Morgan fingerprint density at radius 3 is 2.70 bits per heavy atom. The molecule has 108 valence electrons. The van der Waals surface area contributed by atoms with Crippen LogP contribution >= 0.6 is 0 Å². The van der Waals surface area contributed by atoms with E-state index in [0.29, 0.717) is 10.9 Å². The monoisotopic (exact) mass is 301 g/mol. The van der Waals surface area contributed by atoms with Crippen LogP contribution in [0.5, 0.6) is 0 Å². The van der Waals surface area contributed by atoms with E-state index in [2.05, 4.69) is 4.98 Å². The standard InChI is InChI=1S/C12H13F2N3O2S/c13-12(14,7-15)8-17-20(18,19)11-5-1-4-10-9(11)3-2-6-16-10/h1-6,17H,7-8,15H2. The maximum Gasteiger partial charge on any atom is 0.273 e. The molecule has 0 aliphatic carbocycles. The lowest BCUT2D eigenvalue weighted by Gasteiger charge is -2.15. The van der Waals surface area contributed by atoms with Gasteiger partial charge in [0.2, 0.25) is 10.0 Å². The lowest BCUT2D eigenvalue weighted by atomic mass is 10.2. The zero-order valence-electron chi connectivity index (χ0n) is 10.4. The Balaban J connectivity index is 2.38. The molecule has 0 spiro atoms. The van der Waals surface area contributed by atoms with E-state index in [-0.39, 0.29) is 4.90 Å². The Labute approximate surface area is 114 Å². The van der Waals surface area contributed by atoms with Crippen molar-refractivity contribution in [2.75, 3.05) is 13.1 Å². The zero-order valence-corrected chi connectivity index (χ0v) is 11.2. The number of nitrogens with one attached hydrogen (secondary N) is 1. The Morgan fingerprint density at radius 2 is 2.00 bits per heavy atom. The highest BCUT2D eigenvalue weighted by atomic mass is 32.2. The zero-order chi connectivity index (χ0) is 14.8. The van der Waals surface area contributed by atoms with Crippen LogP contribution in [-0.4, -0.2) is 32.4 Å².